The van der Waals surface area contributed by atoms with Gasteiger partial charge in [0.25, 0.3) is 0 Å². The Balaban J connectivity index is 2.06. The van der Waals surface area contributed by atoms with Gasteiger partial charge in [-0.2, -0.15) is 0 Å². The zero-order valence-electron chi connectivity index (χ0n) is 10.4. The van der Waals surface area contributed by atoms with E-state index in [0.717, 1.165) is 23.1 Å². The summed E-state index contributed by atoms with van der Waals surface area (Å²) in [4.78, 5) is 4.53. The lowest BCUT2D eigenvalue weighted by atomic mass is 9.47. The predicted molar refractivity (Wildman–Crippen MR) is 67.3 cm³/mol. The molecule has 0 N–H and O–H groups in total. The highest BCUT2D eigenvalue weighted by atomic mass is 14.7. The number of rotatable bonds is 1. The fourth-order valence-electron chi connectivity index (χ4n) is 3.39. The smallest absolute Gasteiger partial charge is 0.0655 e. The highest BCUT2D eigenvalue weighted by Gasteiger charge is 2.52. The van der Waals surface area contributed by atoms with Crippen LogP contribution in [-0.2, 0) is 6.42 Å². The highest BCUT2D eigenvalue weighted by Crippen LogP contribution is 2.61. The maximum Gasteiger partial charge on any atom is 0.0655 e. The number of allylic oxidation sites excluding steroid dienone is 1. The Kier molecular flexibility index (Phi) is 1.87. The average molecular weight is 213 g/mol. The number of nitrogens with zero attached hydrogens (tertiary/aromatic N) is 1. The van der Waals surface area contributed by atoms with Gasteiger partial charge >= 0.3 is 0 Å². The van der Waals surface area contributed by atoms with Crippen molar-refractivity contribution in [3.05, 3.63) is 35.7 Å². The molecule has 4 rings (SSSR count). The van der Waals surface area contributed by atoms with Crippen molar-refractivity contribution in [2.75, 3.05) is 0 Å². The maximum absolute atomic E-state index is 4.53. The first-order chi connectivity index (χ1) is 7.50. The van der Waals surface area contributed by atoms with E-state index < -0.39 is 0 Å². The lowest BCUT2D eigenvalue weighted by molar-refractivity contribution is 0.0182. The van der Waals surface area contributed by atoms with E-state index in [0.29, 0.717) is 5.41 Å². The average Bonchev–Trinajstić information content (AvgIpc) is 2.27. The Morgan fingerprint density at radius 2 is 2.25 bits per heavy atom. The molecule has 3 aliphatic rings. The Bertz CT molecular complexity index is 470. The van der Waals surface area contributed by atoms with Crippen LogP contribution in [0.3, 0.4) is 0 Å². The second-order valence-corrected chi connectivity index (χ2v) is 6.06. The molecule has 1 saturated carbocycles. The summed E-state index contributed by atoms with van der Waals surface area (Å²) in [5.41, 5.74) is 5.66. The van der Waals surface area contributed by atoms with E-state index in [9.17, 15) is 0 Å². The normalized spacial score (nSPS) is 29.2. The summed E-state index contributed by atoms with van der Waals surface area (Å²) >= 11 is 0. The lowest BCUT2D eigenvalue weighted by Crippen LogP contribution is -2.48. The third kappa shape index (κ3) is 1.15. The number of aromatic nitrogens is 1. The van der Waals surface area contributed by atoms with Gasteiger partial charge in [0.15, 0.2) is 0 Å². The van der Waals surface area contributed by atoms with Crippen LogP contribution in [0, 0.1) is 11.3 Å². The van der Waals surface area contributed by atoms with Crippen LogP contribution >= 0.6 is 0 Å². The molecule has 1 aromatic rings. The molecule has 0 saturated heterocycles. The Morgan fingerprint density at radius 1 is 1.50 bits per heavy atom. The van der Waals surface area contributed by atoms with Crippen LogP contribution in [0.5, 0.6) is 0 Å². The van der Waals surface area contributed by atoms with Crippen molar-refractivity contribution in [2.45, 2.75) is 39.5 Å². The SMILES string of the molecule is C=C(C)c1cc2c(cn1)C1CC(C2)C1(C)C. The van der Waals surface area contributed by atoms with Crippen molar-refractivity contribution in [2.24, 2.45) is 11.3 Å². The van der Waals surface area contributed by atoms with Gasteiger partial charge in [-0.15, -0.1) is 0 Å². The number of hydrogen-bond donors (Lipinski definition) is 0. The molecule has 2 unspecified atom stereocenters. The van der Waals surface area contributed by atoms with Crippen molar-refractivity contribution >= 4 is 5.57 Å². The summed E-state index contributed by atoms with van der Waals surface area (Å²) in [5.74, 6) is 1.62. The fraction of sp³-hybridized carbons (Fsp3) is 0.533. The monoisotopic (exact) mass is 213 g/mol. The van der Waals surface area contributed by atoms with Crippen LogP contribution in [0.25, 0.3) is 5.57 Å². The van der Waals surface area contributed by atoms with Gasteiger partial charge in [0.05, 0.1) is 5.69 Å². The van der Waals surface area contributed by atoms with Crippen LogP contribution < -0.4 is 0 Å². The van der Waals surface area contributed by atoms with E-state index in [4.69, 9.17) is 0 Å². The third-order valence-corrected chi connectivity index (χ3v) is 4.77. The molecule has 84 valence electrons. The van der Waals surface area contributed by atoms with Gasteiger partial charge in [-0.1, -0.05) is 20.4 Å². The Hall–Kier alpha value is -1.11. The first kappa shape index (κ1) is 10.1. The van der Waals surface area contributed by atoms with Crippen LogP contribution in [0.4, 0.5) is 0 Å². The fourth-order valence-corrected chi connectivity index (χ4v) is 3.39. The molecular weight excluding hydrogens is 194 g/mol. The summed E-state index contributed by atoms with van der Waals surface area (Å²) in [5, 5.41) is 0. The van der Waals surface area contributed by atoms with E-state index in [1.165, 1.54) is 24.0 Å². The summed E-state index contributed by atoms with van der Waals surface area (Å²) in [6.45, 7) is 10.8. The van der Waals surface area contributed by atoms with Crippen molar-refractivity contribution in [3.8, 4) is 0 Å². The lowest BCUT2D eigenvalue weighted by Gasteiger charge is -2.57. The molecule has 1 heterocycles. The molecule has 0 spiro atoms. The summed E-state index contributed by atoms with van der Waals surface area (Å²) < 4.78 is 0. The first-order valence-electron chi connectivity index (χ1n) is 6.15. The topological polar surface area (TPSA) is 12.9 Å². The van der Waals surface area contributed by atoms with Crippen molar-refractivity contribution in [1.82, 2.24) is 4.98 Å². The van der Waals surface area contributed by atoms with E-state index in [1.54, 1.807) is 0 Å². The van der Waals surface area contributed by atoms with E-state index in [1.807, 2.05) is 6.92 Å². The van der Waals surface area contributed by atoms with Crippen molar-refractivity contribution in [1.29, 1.82) is 0 Å². The van der Waals surface area contributed by atoms with Crippen LogP contribution in [0.15, 0.2) is 18.8 Å². The molecule has 1 aromatic heterocycles. The molecular formula is C15H19N. The quantitative estimate of drug-likeness (QED) is 0.691. The van der Waals surface area contributed by atoms with Gasteiger partial charge in [0, 0.05) is 6.20 Å². The van der Waals surface area contributed by atoms with Crippen LogP contribution in [0.2, 0.25) is 0 Å². The van der Waals surface area contributed by atoms with E-state index in [-0.39, 0.29) is 0 Å². The minimum Gasteiger partial charge on any atom is -0.256 e. The molecule has 0 aromatic carbocycles. The molecule has 2 atom stereocenters. The second kappa shape index (κ2) is 2.97. The van der Waals surface area contributed by atoms with Crippen LogP contribution in [0.1, 0.15) is 49.9 Å². The largest absolute Gasteiger partial charge is 0.256 e. The van der Waals surface area contributed by atoms with Gasteiger partial charge in [0.1, 0.15) is 0 Å². The molecule has 2 bridgehead atoms. The first-order valence-corrected chi connectivity index (χ1v) is 6.15. The molecule has 3 aliphatic carbocycles. The van der Waals surface area contributed by atoms with Crippen molar-refractivity contribution < 1.29 is 0 Å². The van der Waals surface area contributed by atoms with Gasteiger partial charge in [-0.05, 0) is 59.8 Å². The van der Waals surface area contributed by atoms with Gasteiger partial charge < -0.3 is 0 Å². The summed E-state index contributed by atoms with van der Waals surface area (Å²) in [6.07, 6.45) is 4.71. The van der Waals surface area contributed by atoms with E-state index in [2.05, 4.69) is 37.7 Å². The summed E-state index contributed by atoms with van der Waals surface area (Å²) in [6, 6.07) is 2.26. The molecule has 1 heteroatoms. The molecule has 0 amide bonds. The number of pyridine rings is 1. The highest BCUT2D eigenvalue weighted by molar-refractivity contribution is 5.59. The Labute approximate surface area is 97.6 Å². The minimum atomic E-state index is 0.499. The molecule has 1 fully saturated rings. The van der Waals surface area contributed by atoms with Gasteiger partial charge in [0.2, 0.25) is 0 Å². The summed E-state index contributed by atoms with van der Waals surface area (Å²) in [7, 11) is 0. The van der Waals surface area contributed by atoms with Gasteiger partial charge in [-0.3, -0.25) is 4.98 Å². The second-order valence-electron chi connectivity index (χ2n) is 6.06. The molecule has 0 aliphatic heterocycles. The minimum absolute atomic E-state index is 0.499. The zero-order chi connectivity index (χ0) is 11.5. The van der Waals surface area contributed by atoms with Gasteiger partial charge in [-0.25, -0.2) is 0 Å². The van der Waals surface area contributed by atoms with Crippen LogP contribution in [-0.4, -0.2) is 4.98 Å². The number of hydrogen-bond acceptors (Lipinski definition) is 1. The van der Waals surface area contributed by atoms with Crippen molar-refractivity contribution in [3.63, 3.8) is 0 Å². The zero-order valence-corrected chi connectivity index (χ0v) is 10.4. The molecule has 16 heavy (non-hydrogen) atoms. The molecule has 0 radical (unpaired) electrons. The Morgan fingerprint density at radius 3 is 2.88 bits per heavy atom. The maximum atomic E-state index is 4.53. The molecule has 1 nitrogen and oxygen atoms in total. The van der Waals surface area contributed by atoms with E-state index >= 15 is 0 Å². The third-order valence-electron chi connectivity index (χ3n) is 4.77. The standard InChI is InChI=1S/C15H19N/c1-9(2)14-6-10-5-11-7-13(15(11,3)4)12(10)8-16-14/h6,8,11,13H,1,5,7H2,2-4H3. The predicted octanol–water partition coefficient (Wildman–Crippen LogP) is 3.80.